The van der Waals surface area contributed by atoms with E-state index in [1.54, 1.807) is 0 Å². The Hall–Kier alpha value is -1.02. The minimum Gasteiger partial charge on any atom is -0.371 e. The first kappa shape index (κ1) is 8.57. The van der Waals surface area contributed by atoms with Gasteiger partial charge in [0, 0.05) is 31.2 Å². The number of nitrogens with two attached hydrogens (primary N) is 1. The van der Waals surface area contributed by atoms with Crippen molar-refractivity contribution in [3.8, 4) is 0 Å². The molecule has 2 unspecified atom stereocenters. The predicted molar refractivity (Wildman–Crippen MR) is 56.1 cm³/mol. The fraction of sp³-hybridized carbons (Fsp3) is 0.455. The van der Waals surface area contributed by atoms with Gasteiger partial charge in [0.15, 0.2) is 0 Å². The lowest BCUT2D eigenvalue weighted by molar-refractivity contribution is 0.591. The minimum atomic E-state index is 0.501. The number of anilines is 1. The molecule has 2 N–H and O–H groups in total. The zero-order valence-electron chi connectivity index (χ0n) is 8.20. The van der Waals surface area contributed by atoms with Crippen LogP contribution in [0.3, 0.4) is 0 Å². The average Bonchev–Trinajstić information content (AvgIpc) is 2.41. The summed E-state index contributed by atoms with van der Waals surface area (Å²) in [5.41, 5.74) is 8.52. The lowest BCUT2D eigenvalue weighted by Gasteiger charge is -2.21. The summed E-state index contributed by atoms with van der Waals surface area (Å²) < 4.78 is 0. The normalized spacial score (nSPS) is 26.2. The van der Waals surface area contributed by atoms with E-state index in [-0.39, 0.29) is 0 Å². The molecule has 1 aromatic rings. The van der Waals surface area contributed by atoms with Crippen LogP contribution in [0.1, 0.15) is 18.4 Å². The first-order chi connectivity index (χ1) is 6.25. The summed E-state index contributed by atoms with van der Waals surface area (Å²) in [4.78, 5) is 2.31. The molecule has 1 aliphatic rings. The second-order valence-corrected chi connectivity index (χ2v) is 3.75. The summed E-state index contributed by atoms with van der Waals surface area (Å²) in [5, 5.41) is 0. The van der Waals surface area contributed by atoms with Gasteiger partial charge >= 0.3 is 0 Å². The van der Waals surface area contributed by atoms with Crippen molar-refractivity contribution in [2.45, 2.75) is 18.9 Å². The monoisotopic (exact) mass is 176 g/mol. The number of para-hydroxylation sites is 1. The Labute approximate surface area is 79.4 Å². The van der Waals surface area contributed by atoms with Gasteiger partial charge in [0.05, 0.1) is 0 Å². The van der Waals surface area contributed by atoms with Gasteiger partial charge < -0.3 is 10.6 Å². The first-order valence-electron chi connectivity index (χ1n) is 4.77. The van der Waals surface area contributed by atoms with E-state index in [1.165, 1.54) is 11.3 Å². The molecule has 0 saturated carbocycles. The molecule has 2 heteroatoms. The summed E-state index contributed by atoms with van der Waals surface area (Å²) in [6.07, 6.45) is 0. The highest BCUT2D eigenvalue weighted by molar-refractivity contribution is 5.61. The third-order valence-corrected chi connectivity index (χ3v) is 3.16. The van der Waals surface area contributed by atoms with Crippen molar-refractivity contribution in [1.29, 1.82) is 0 Å². The standard InChI is InChI=1S/C11H16N2/c1-8-10(7-12)9-5-3-4-6-11(9)13(8)2/h3-6,8,10H,7,12H2,1-2H3. The van der Waals surface area contributed by atoms with Crippen molar-refractivity contribution in [3.63, 3.8) is 0 Å². The molecular formula is C11H16N2. The highest BCUT2D eigenvalue weighted by atomic mass is 15.2. The molecule has 0 fully saturated rings. The molecule has 1 heterocycles. The van der Waals surface area contributed by atoms with E-state index in [1.807, 2.05) is 0 Å². The maximum absolute atomic E-state index is 5.77. The number of hydrogen-bond acceptors (Lipinski definition) is 2. The summed E-state index contributed by atoms with van der Waals surface area (Å²) >= 11 is 0. The minimum absolute atomic E-state index is 0.501. The molecule has 0 bridgehead atoms. The molecule has 2 nitrogen and oxygen atoms in total. The molecule has 70 valence electrons. The van der Waals surface area contributed by atoms with Gasteiger partial charge in [-0.3, -0.25) is 0 Å². The molecule has 0 radical (unpaired) electrons. The van der Waals surface area contributed by atoms with Gasteiger partial charge in [0.2, 0.25) is 0 Å². The molecule has 1 aliphatic heterocycles. The Morgan fingerprint density at radius 2 is 2.08 bits per heavy atom. The molecule has 0 spiro atoms. The van der Waals surface area contributed by atoms with Gasteiger partial charge in [-0.1, -0.05) is 18.2 Å². The number of nitrogens with zero attached hydrogens (tertiary/aromatic N) is 1. The summed E-state index contributed by atoms with van der Waals surface area (Å²) in [6, 6.07) is 9.06. The summed E-state index contributed by atoms with van der Waals surface area (Å²) in [7, 11) is 2.14. The second kappa shape index (κ2) is 3.04. The van der Waals surface area contributed by atoms with E-state index >= 15 is 0 Å². The maximum atomic E-state index is 5.77. The van der Waals surface area contributed by atoms with E-state index in [0.717, 1.165) is 6.54 Å². The number of fused-ring (bicyclic) bond motifs is 1. The van der Waals surface area contributed by atoms with Crippen molar-refractivity contribution in [2.24, 2.45) is 5.73 Å². The Morgan fingerprint density at radius 1 is 1.38 bits per heavy atom. The fourth-order valence-electron chi connectivity index (χ4n) is 2.20. The van der Waals surface area contributed by atoms with Crippen LogP contribution < -0.4 is 10.6 Å². The molecule has 13 heavy (non-hydrogen) atoms. The Morgan fingerprint density at radius 3 is 2.77 bits per heavy atom. The van der Waals surface area contributed by atoms with Crippen LogP contribution in [0.5, 0.6) is 0 Å². The highest BCUT2D eigenvalue weighted by Gasteiger charge is 2.31. The van der Waals surface area contributed by atoms with Crippen LogP contribution in [0.25, 0.3) is 0 Å². The molecular weight excluding hydrogens is 160 g/mol. The zero-order chi connectivity index (χ0) is 9.42. The van der Waals surface area contributed by atoms with Crippen molar-refractivity contribution < 1.29 is 0 Å². The number of rotatable bonds is 1. The smallest absolute Gasteiger partial charge is 0.0402 e. The van der Waals surface area contributed by atoms with E-state index in [0.29, 0.717) is 12.0 Å². The molecule has 0 aromatic heterocycles. The lowest BCUT2D eigenvalue weighted by atomic mass is 9.96. The van der Waals surface area contributed by atoms with Crippen LogP contribution in [-0.4, -0.2) is 19.6 Å². The first-order valence-corrected chi connectivity index (χ1v) is 4.77. The number of benzene rings is 1. The molecule has 2 rings (SSSR count). The van der Waals surface area contributed by atoms with Gasteiger partial charge in [-0.25, -0.2) is 0 Å². The van der Waals surface area contributed by atoms with Crippen LogP contribution in [-0.2, 0) is 0 Å². The number of likely N-dealkylation sites (N-methyl/N-ethyl adjacent to an activating group) is 1. The fourth-order valence-corrected chi connectivity index (χ4v) is 2.20. The third kappa shape index (κ3) is 1.13. The van der Waals surface area contributed by atoms with E-state index in [4.69, 9.17) is 5.73 Å². The topological polar surface area (TPSA) is 29.3 Å². The molecule has 0 aliphatic carbocycles. The molecule has 1 aromatic carbocycles. The van der Waals surface area contributed by atoms with Crippen molar-refractivity contribution in [3.05, 3.63) is 29.8 Å². The second-order valence-electron chi connectivity index (χ2n) is 3.75. The van der Waals surface area contributed by atoms with Crippen LogP contribution in [0, 0.1) is 0 Å². The van der Waals surface area contributed by atoms with Gasteiger partial charge in [-0.15, -0.1) is 0 Å². The van der Waals surface area contributed by atoms with Crippen LogP contribution >= 0.6 is 0 Å². The van der Waals surface area contributed by atoms with Crippen LogP contribution in [0.15, 0.2) is 24.3 Å². The van der Waals surface area contributed by atoms with Crippen LogP contribution in [0.2, 0.25) is 0 Å². The largest absolute Gasteiger partial charge is 0.371 e. The maximum Gasteiger partial charge on any atom is 0.0402 e. The van der Waals surface area contributed by atoms with Crippen LogP contribution in [0.4, 0.5) is 5.69 Å². The van der Waals surface area contributed by atoms with Gasteiger partial charge in [-0.2, -0.15) is 0 Å². The third-order valence-electron chi connectivity index (χ3n) is 3.16. The molecule has 0 amide bonds. The predicted octanol–water partition coefficient (Wildman–Crippen LogP) is 1.57. The SMILES string of the molecule is CC1C(CN)c2ccccc2N1C. The Balaban J connectivity index is 2.47. The average molecular weight is 176 g/mol. The molecule has 2 atom stereocenters. The Bertz CT molecular complexity index is 309. The van der Waals surface area contributed by atoms with Crippen molar-refractivity contribution >= 4 is 5.69 Å². The number of hydrogen-bond donors (Lipinski definition) is 1. The van der Waals surface area contributed by atoms with E-state index < -0.39 is 0 Å². The Kier molecular flexibility index (Phi) is 2.00. The summed E-state index contributed by atoms with van der Waals surface area (Å²) in [6.45, 7) is 2.97. The zero-order valence-corrected chi connectivity index (χ0v) is 8.20. The van der Waals surface area contributed by atoms with Crippen molar-refractivity contribution in [1.82, 2.24) is 0 Å². The van der Waals surface area contributed by atoms with E-state index in [9.17, 15) is 0 Å². The van der Waals surface area contributed by atoms with Crippen molar-refractivity contribution in [2.75, 3.05) is 18.5 Å². The highest BCUT2D eigenvalue weighted by Crippen LogP contribution is 2.38. The van der Waals surface area contributed by atoms with Gasteiger partial charge in [0.1, 0.15) is 0 Å². The van der Waals surface area contributed by atoms with E-state index in [2.05, 4.69) is 43.1 Å². The summed E-state index contributed by atoms with van der Waals surface area (Å²) in [5.74, 6) is 0.501. The lowest BCUT2D eigenvalue weighted by Crippen LogP contribution is -2.30. The quantitative estimate of drug-likeness (QED) is 0.703. The van der Waals surface area contributed by atoms with Gasteiger partial charge in [0.25, 0.3) is 0 Å². The molecule has 0 saturated heterocycles. The van der Waals surface area contributed by atoms with Gasteiger partial charge in [-0.05, 0) is 18.6 Å².